The smallest absolute Gasteiger partial charge is 0.237 e. The molecule has 0 aliphatic carbocycles. The van der Waals surface area contributed by atoms with Crippen LogP contribution in [0.3, 0.4) is 0 Å². The highest BCUT2D eigenvalue weighted by Gasteiger charge is 2.21. The van der Waals surface area contributed by atoms with Crippen LogP contribution in [0.1, 0.15) is 37.6 Å². The molecule has 0 bridgehead atoms. The van der Waals surface area contributed by atoms with Crippen molar-refractivity contribution >= 4 is 51.2 Å². The van der Waals surface area contributed by atoms with Crippen LogP contribution in [0, 0.1) is 0 Å². The molecule has 1 N–H and O–H groups in total. The van der Waals surface area contributed by atoms with Crippen LogP contribution in [0.2, 0.25) is 0 Å². The average Bonchev–Trinajstić information content (AvgIpc) is 3.10. The molecule has 0 fully saturated rings. The number of nitrogens with one attached hydrogen (secondary N) is 1. The molecule has 8 heteroatoms. The second-order valence-corrected chi connectivity index (χ2v) is 8.34. The lowest BCUT2D eigenvalue weighted by atomic mass is 10.1. The molecule has 31 heavy (non-hydrogen) atoms. The monoisotopic (exact) mass is 433 g/mol. The summed E-state index contributed by atoms with van der Waals surface area (Å²) in [5.74, 6) is -0.204. The predicted octanol–water partition coefficient (Wildman–Crippen LogP) is 4.71. The van der Waals surface area contributed by atoms with Gasteiger partial charge in [0.2, 0.25) is 11.1 Å². The molecule has 7 nitrogen and oxygen atoms in total. The third-order valence-electron chi connectivity index (χ3n) is 5.12. The second kappa shape index (κ2) is 8.85. The predicted molar refractivity (Wildman–Crippen MR) is 124 cm³/mol. The highest BCUT2D eigenvalue weighted by Crippen LogP contribution is 2.29. The van der Waals surface area contributed by atoms with Crippen molar-refractivity contribution in [2.45, 2.75) is 44.1 Å². The van der Waals surface area contributed by atoms with E-state index in [0.717, 1.165) is 28.6 Å². The van der Waals surface area contributed by atoms with Crippen LogP contribution in [-0.2, 0) is 11.3 Å². The molecule has 4 aromatic rings. The van der Waals surface area contributed by atoms with Crippen molar-refractivity contribution in [3.63, 3.8) is 0 Å². The normalized spacial score (nSPS) is 12.2. The number of Topliss-reactive ketones (excluding diaryl/α,β-unsaturated/α-hetero) is 1. The lowest BCUT2D eigenvalue weighted by Crippen LogP contribution is -2.25. The summed E-state index contributed by atoms with van der Waals surface area (Å²) in [5, 5.41) is 12.7. The number of rotatable bonds is 7. The molecule has 4 rings (SSSR count). The van der Waals surface area contributed by atoms with Gasteiger partial charge in [-0.1, -0.05) is 49.0 Å². The fourth-order valence-electron chi connectivity index (χ4n) is 3.55. The lowest BCUT2D eigenvalue weighted by Gasteiger charge is -2.14. The van der Waals surface area contributed by atoms with Crippen LogP contribution >= 0.6 is 11.8 Å². The first-order valence-electron chi connectivity index (χ1n) is 10.2. The summed E-state index contributed by atoms with van der Waals surface area (Å²) in [4.78, 5) is 29.2. The average molecular weight is 434 g/mol. The highest BCUT2D eigenvalue weighted by atomic mass is 32.2. The quantitative estimate of drug-likeness (QED) is 0.335. The number of carbonyl (C=O) groups is 2. The van der Waals surface area contributed by atoms with E-state index in [-0.39, 0.29) is 16.9 Å². The zero-order chi connectivity index (χ0) is 22.0. The van der Waals surface area contributed by atoms with Crippen molar-refractivity contribution in [3.05, 3.63) is 54.1 Å². The molecular formula is C23H23N5O2S. The maximum atomic E-state index is 12.9. The number of amides is 1. The Labute approximate surface area is 184 Å². The molecule has 0 saturated heterocycles. The molecule has 0 saturated carbocycles. The maximum Gasteiger partial charge on any atom is 0.237 e. The van der Waals surface area contributed by atoms with Gasteiger partial charge in [-0.25, -0.2) is 4.98 Å². The van der Waals surface area contributed by atoms with Gasteiger partial charge in [0.25, 0.3) is 0 Å². The van der Waals surface area contributed by atoms with Gasteiger partial charge in [-0.2, -0.15) is 0 Å². The van der Waals surface area contributed by atoms with E-state index >= 15 is 0 Å². The van der Waals surface area contributed by atoms with Crippen molar-refractivity contribution < 1.29 is 9.59 Å². The fourth-order valence-corrected chi connectivity index (χ4v) is 4.36. The van der Waals surface area contributed by atoms with E-state index in [4.69, 9.17) is 4.98 Å². The van der Waals surface area contributed by atoms with E-state index in [1.165, 1.54) is 18.7 Å². The zero-order valence-electron chi connectivity index (χ0n) is 17.6. The first-order valence-corrected chi connectivity index (χ1v) is 11.1. The molecule has 0 spiro atoms. The molecule has 0 unspecified atom stereocenters. The first-order chi connectivity index (χ1) is 15.0. The molecule has 0 aliphatic rings. The molecule has 0 aliphatic heterocycles. The van der Waals surface area contributed by atoms with Gasteiger partial charge in [-0.3, -0.25) is 9.59 Å². The van der Waals surface area contributed by atoms with Crippen LogP contribution in [0.15, 0.2) is 53.7 Å². The van der Waals surface area contributed by atoms with Gasteiger partial charge in [0.05, 0.1) is 10.8 Å². The zero-order valence-corrected chi connectivity index (χ0v) is 18.4. The summed E-state index contributed by atoms with van der Waals surface area (Å²) in [6, 6.07) is 15.0. The fraction of sp³-hybridized carbons (Fsp3) is 0.261. The number of aryl methyl sites for hydroxylation is 1. The van der Waals surface area contributed by atoms with Gasteiger partial charge >= 0.3 is 0 Å². The van der Waals surface area contributed by atoms with E-state index < -0.39 is 0 Å². The summed E-state index contributed by atoms with van der Waals surface area (Å²) in [7, 11) is 0. The van der Waals surface area contributed by atoms with Crippen LogP contribution < -0.4 is 5.32 Å². The first kappa shape index (κ1) is 21.0. The number of fused-ring (bicyclic) bond motifs is 3. The molecule has 2 heterocycles. The number of carbonyl (C=O) groups excluding carboxylic acids is 2. The number of anilines is 1. The van der Waals surface area contributed by atoms with E-state index in [1.807, 2.05) is 31.2 Å². The van der Waals surface area contributed by atoms with E-state index in [9.17, 15) is 9.59 Å². The minimum Gasteiger partial charge on any atom is -0.325 e. The summed E-state index contributed by atoms with van der Waals surface area (Å²) in [5.41, 5.74) is 3.76. The van der Waals surface area contributed by atoms with Crippen LogP contribution in [0.25, 0.3) is 22.1 Å². The third-order valence-corrected chi connectivity index (χ3v) is 6.33. The Morgan fingerprint density at radius 3 is 2.65 bits per heavy atom. The van der Waals surface area contributed by atoms with E-state index in [1.54, 1.807) is 24.3 Å². The molecule has 2 aromatic heterocycles. The Morgan fingerprint density at radius 2 is 1.90 bits per heavy atom. The molecule has 2 aromatic carbocycles. The number of benzene rings is 2. The standard InChI is InChI=1S/C23H23N5O2S/c1-4-19(22(30)24-16-10-8-9-15(13-16)14(3)29)31-23-25-21-20(26-27-23)17-11-6-7-12-18(17)28(21)5-2/h6-13,19H,4-5H2,1-3H3,(H,24,30)/t19-/m0/s1. The van der Waals surface area contributed by atoms with Gasteiger partial charge in [-0.05, 0) is 38.5 Å². The van der Waals surface area contributed by atoms with Crippen molar-refractivity contribution in [1.29, 1.82) is 0 Å². The largest absolute Gasteiger partial charge is 0.325 e. The highest BCUT2D eigenvalue weighted by molar-refractivity contribution is 8.00. The van der Waals surface area contributed by atoms with Crippen molar-refractivity contribution in [2.24, 2.45) is 0 Å². The minimum atomic E-state index is -0.389. The van der Waals surface area contributed by atoms with Gasteiger partial charge in [-0.15, -0.1) is 10.2 Å². The molecular weight excluding hydrogens is 410 g/mol. The van der Waals surface area contributed by atoms with Crippen LogP contribution in [-0.4, -0.2) is 36.7 Å². The topological polar surface area (TPSA) is 89.8 Å². The number of para-hydroxylation sites is 1. The molecule has 1 amide bonds. The summed E-state index contributed by atoms with van der Waals surface area (Å²) < 4.78 is 2.11. The number of nitrogens with zero attached hydrogens (tertiary/aromatic N) is 4. The van der Waals surface area contributed by atoms with Gasteiger partial charge in [0, 0.05) is 23.2 Å². The second-order valence-electron chi connectivity index (χ2n) is 7.17. The summed E-state index contributed by atoms with van der Waals surface area (Å²) in [6.45, 7) is 6.27. The Bertz CT molecular complexity index is 1280. The maximum absolute atomic E-state index is 12.9. The molecule has 0 radical (unpaired) electrons. The van der Waals surface area contributed by atoms with E-state index in [2.05, 4.69) is 27.0 Å². The van der Waals surface area contributed by atoms with Crippen LogP contribution in [0.4, 0.5) is 5.69 Å². The molecule has 158 valence electrons. The van der Waals surface area contributed by atoms with Gasteiger partial charge in [0.1, 0.15) is 5.52 Å². The van der Waals surface area contributed by atoms with Gasteiger partial charge < -0.3 is 9.88 Å². The van der Waals surface area contributed by atoms with Crippen LogP contribution in [0.5, 0.6) is 0 Å². The van der Waals surface area contributed by atoms with Crippen molar-refractivity contribution in [1.82, 2.24) is 19.7 Å². The number of aromatic nitrogens is 4. The number of hydrogen-bond acceptors (Lipinski definition) is 6. The number of thioether (sulfide) groups is 1. The Hall–Kier alpha value is -3.26. The summed E-state index contributed by atoms with van der Waals surface area (Å²) >= 11 is 1.29. The SMILES string of the molecule is CC[C@H](Sc1nnc2c3ccccc3n(CC)c2n1)C(=O)Nc1cccc(C(C)=O)c1. The molecule has 1 atom stereocenters. The Morgan fingerprint density at radius 1 is 1.10 bits per heavy atom. The third kappa shape index (κ3) is 4.16. The number of hydrogen-bond donors (Lipinski definition) is 1. The van der Waals surface area contributed by atoms with Gasteiger partial charge in [0.15, 0.2) is 11.4 Å². The summed E-state index contributed by atoms with van der Waals surface area (Å²) in [6.07, 6.45) is 0.598. The van der Waals surface area contributed by atoms with E-state index in [0.29, 0.717) is 22.8 Å². The minimum absolute atomic E-state index is 0.0448. The Balaban J connectivity index is 1.59. The van der Waals surface area contributed by atoms with Crippen molar-refractivity contribution in [2.75, 3.05) is 5.32 Å². The lowest BCUT2D eigenvalue weighted by molar-refractivity contribution is -0.115. The van der Waals surface area contributed by atoms with Crippen molar-refractivity contribution in [3.8, 4) is 0 Å². The Kier molecular flexibility index (Phi) is 5.99. The number of ketones is 1.